The standard InChI is InChI=1S/C20H30F3N5O.HI/c1-3-24-19(27-14-17-6-5-13-28(17)4-2)26-12-11-25-18(29)15-7-9-16(10-8-15)20(21,22)23;/h7-10,17H,3-6,11-14H2,1-2H3,(H,25,29)(H2,24,26,27);1H. The molecule has 30 heavy (non-hydrogen) atoms. The third kappa shape index (κ3) is 8.29. The van der Waals surface area contributed by atoms with Gasteiger partial charge in [-0.25, -0.2) is 0 Å². The van der Waals surface area contributed by atoms with Crippen LogP contribution in [0.25, 0.3) is 0 Å². The number of alkyl halides is 3. The molecule has 0 aliphatic carbocycles. The zero-order chi connectivity index (χ0) is 21.3. The fourth-order valence-electron chi connectivity index (χ4n) is 3.33. The minimum absolute atomic E-state index is 0. The zero-order valence-corrected chi connectivity index (χ0v) is 19.7. The van der Waals surface area contributed by atoms with E-state index >= 15 is 0 Å². The highest BCUT2D eigenvalue weighted by Gasteiger charge is 2.30. The lowest BCUT2D eigenvalue weighted by molar-refractivity contribution is -0.137. The topological polar surface area (TPSA) is 68.8 Å². The Morgan fingerprint density at radius 2 is 1.80 bits per heavy atom. The summed E-state index contributed by atoms with van der Waals surface area (Å²) in [6.45, 7) is 8.53. The Morgan fingerprint density at radius 1 is 1.13 bits per heavy atom. The molecule has 0 spiro atoms. The monoisotopic (exact) mass is 541 g/mol. The van der Waals surface area contributed by atoms with Crippen LogP contribution >= 0.6 is 24.0 Å². The van der Waals surface area contributed by atoms with Crippen molar-refractivity contribution < 1.29 is 18.0 Å². The highest BCUT2D eigenvalue weighted by atomic mass is 127. The van der Waals surface area contributed by atoms with Crippen molar-refractivity contribution in [1.82, 2.24) is 20.9 Å². The minimum Gasteiger partial charge on any atom is -0.357 e. The third-order valence-corrected chi connectivity index (χ3v) is 4.89. The van der Waals surface area contributed by atoms with Crippen LogP contribution < -0.4 is 16.0 Å². The highest BCUT2D eigenvalue weighted by Crippen LogP contribution is 2.29. The number of guanidine groups is 1. The number of likely N-dealkylation sites (N-methyl/N-ethyl adjacent to an activating group) is 1. The summed E-state index contributed by atoms with van der Waals surface area (Å²) in [7, 11) is 0. The second-order valence-corrected chi connectivity index (χ2v) is 6.90. The number of nitrogens with zero attached hydrogens (tertiary/aromatic N) is 2. The molecule has 1 aliphatic heterocycles. The summed E-state index contributed by atoms with van der Waals surface area (Å²) < 4.78 is 37.7. The van der Waals surface area contributed by atoms with Crippen molar-refractivity contribution in [2.45, 2.75) is 38.9 Å². The number of amides is 1. The maximum absolute atomic E-state index is 12.6. The molecule has 0 aromatic heterocycles. The Labute approximate surface area is 193 Å². The van der Waals surface area contributed by atoms with Gasteiger partial charge in [-0.2, -0.15) is 13.2 Å². The van der Waals surface area contributed by atoms with Gasteiger partial charge in [0.25, 0.3) is 5.91 Å². The van der Waals surface area contributed by atoms with Crippen molar-refractivity contribution in [2.75, 3.05) is 39.3 Å². The number of hydrogen-bond donors (Lipinski definition) is 3. The predicted molar refractivity (Wildman–Crippen MR) is 123 cm³/mol. The number of hydrogen-bond acceptors (Lipinski definition) is 3. The molecule has 1 saturated heterocycles. The molecule has 1 aliphatic rings. The van der Waals surface area contributed by atoms with Gasteiger partial charge in [0.2, 0.25) is 0 Å². The highest BCUT2D eigenvalue weighted by molar-refractivity contribution is 14.0. The van der Waals surface area contributed by atoms with Gasteiger partial charge in [0.1, 0.15) is 0 Å². The molecular formula is C20H31F3IN5O. The summed E-state index contributed by atoms with van der Waals surface area (Å²) in [5, 5.41) is 9.05. The molecular weight excluding hydrogens is 510 g/mol. The number of benzene rings is 1. The van der Waals surface area contributed by atoms with Crippen LogP contribution in [-0.4, -0.2) is 62.1 Å². The van der Waals surface area contributed by atoms with Crippen molar-refractivity contribution in [2.24, 2.45) is 4.99 Å². The quantitative estimate of drug-likeness (QED) is 0.205. The molecule has 3 N–H and O–H groups in total. The van der Waals surface area contributed by atoms with E-state index < -0.39 is 17.6 Å². The first kappa shape index (κ1) is 26.5. The number of carbonyl (C=O) groups is 1. The van der Waals surface area contributed by atoms with Crippen LogP contribution in [0, 0.1) is 0 Å². The summed E-state index contributed by atoms with van der Waals surface area (Å²) >= 11 is 0. The lowest BCUT2D eigenvalue weighted by Gasteiger charge is -2.21. The fraction of sp³-hybridized carbons (Fsp3) is 0.600. The maximum atomic E-state index is 12.6. The van der Waals surface area contributed by atoms with Gasteiger partial charge in [0, 0.05) is 31.2 Å². The Balaban J connectivity index is 0.00000450. The average molecular weight is 541 g/mol. The number of rotatable bonds is 8. The molecule has 1 amide bonds. The van der Waals surface area contributed by atoms with E-state index in [1.165, 1.54) is 18.6 Å². The van der Waals surface area contributed by atoms with E-state index in [9.17, 15) is 18.0 Å². The van der Waals surface area contributed by atoms with E-state index in [1.54, 1.807) is 0 Å². The number of likely N-dealkylation sites (tertiary alicyclic amines) is 1. The van der Waals surface area contributed by atoms with Crippen LogP contribution in [0.1, 0.15) is 42.6 Å². The Kier molecular flexibility index (Phi) is 11.5. The van der Waals surface area contributed by atoms with Gasteiger partial charge in [-0.3, -0.25) is 14.7 Å². The minimum atomic E-state index is -4.41. The van der Waals surface area contributed by atoms with E-state index in [4.69, 9.17) is 0 Å². The lowest BCUT2D eigenvalue weighted by atomic mass is 10.1. The van der Waals surface area contributed by atoms with Crippen LogP contribution in [0.5, 0.6) is 0 Å². The van der Waals surface area contributed by atoms with Crippen molar-refractivity contribution in [3.05, 3.63) is 35.4 Å². The second kappa shape index (κ2) is 13.0. The smallest absolute Gasteiger partial charge is 0.357 e. The molecule has 1 fully saturated rings. The maximum Gasteiger partial charge on any atom is 0.416 e. The van der Waals surface area contributed by atoms with Crippen molar-refractivity contribution in [1.29, 1.82) is 0 Å². The van der Waals surface area contributed by atoms with Gasteiger partial charge in [-0.05, 0) is 57.1 Å². The number of aliphatic imine (C=N–C) groups is 1. The van der Waals surface area contributed by atoms with Gasteiger partial charge < -0.3 is 16.0 Å². The summed E-state index contributed by atoms with van der Waals surface area (Å²) in [6, 6.07) is 4.64. The molecule has 1 heterocycles. The van der Waals surface area contributed by atoms with Gasteiger partial charge in [0.05, 0.1) is 12.1 Å². The Morgan fingerprint density at radius 3 is 2.40 bits per heavy atom. The van der Waals surface area contributed by atoms with Gasteiger partial charge >= 0.3 is 6.18 Å². The average Bonchev–Trinajstić information content (AvgIpc) is 3.16. The summed E-state index contributed by atoms with van der Waals surface area (Å²) in [5.74, 6) is 0.284. The number of nitrogens with one attached hydrogen (secondary N) is 3. The molecule has 1 unspecified atom stereocenters. The van der Waals surface area contributed by atoms with E-state index in [0.717, 1.165) is 44.7 Å². The molecule has 1 aromatic carbocycles. The second-order valence-electron chi connectivity index (χ2n) is 6.90. The first-order chi connectivity index (χ1) is 13.8. The van der Waals surface area contributed by atoms with Crippen molar-refractivity contribution in [3.8, 4) is 0 Å². The molecule has 1 atom stereocenters. The van der Waals surface area contributed by atoms with Gasteiger partial charge in [-0.1, -0.05) is 6.92 Å². The van der Waals surface area contributed by atoms with E-state index in [1.807, 2.05) is 6.92 Å². The third-order valence-electron chi connectivity index (χ3n) is 4.89. The number of carbonyl (C=O) groups excluding carboxylic acids is 1. The van der Waals surface area contributed by atoms with E-state index in [-0.39, 0.29) is 29.5 Å². The molecule has 0 saturated carbocycles. The fourth-order valence-corrected chi connectivity index (χ4v) is 3.33. The summed E-state index contributed by atoms with van der Waals surface area (Å²) in [5.41, 5.74) is -0.578. The molecule has 0 radical (unpaired) electrons. The van der Waals surface area contributed by atoms with Gasteiger partial charge in [0.15, 0.2) is 5.96 Å². The van der Waals surface area contributed by atoms with Crippen molar-refractivity contribution >= 4 is 35.8 Å². The van der Waals surface area contributed by atoms with Crippen LogP contribution in [-0.2, 0) is 6.18 Å². The van der Waals surface area contributed by atoms with Crippen molar-refractivity contribution in [3.63, 3.8) is 0 Å². The molecule has 1 aromatic rings. The van der Waals surface area contributed by atoms with E-state index in [2.05, 4.69) is 32.8 Å². The molecule has 0 bridgehead atoms. The predicted octanol–water partition coefficient (Wildman–Crippen LogP) is 3.09. The van der Waals surface area contributed by atoms with Crippen LogP contribution in [0.2, 0.25) is 0 Å². The summed E-state index contributed by atoms with van der Waals surface area (Å²) in [6.07, 6.45) is -2.05. The van der Waals surface area contributed by atoms with Crippen LogP contribution in [0.3, 0.4) is 0 Å². The van der Waals surface area contributed by atoms with Gasteiger partial charge in [-0.15, -0.1) is 24.0 Å². The van der Waals surface area contributed by atoms with E-state index in [0.29, 0.717) is 25.1 Å². The van der Waals surface area contributed by atoms with Crippen LogP contribution in [0.15, 0.2) is 29.3 Å². The largest absolute Gasteiger partial charge is 0.416 e. The SMILES string of the molecule is CCNC(=NCC1CCCN1CC)NCCNC(=O)c1ccc(C(F)(F)F)cc1.I. The normalized spacial score (nSPS) is 17.4. The Bertz CT molecular complexity index is 682. The first-order valence-electron chi connectivity index (χ1n) is 10.1. The molecule has 10 heteroatoms. The molecule has 6 nitrogen and oxygen atoms in total. The zero-order valence-electron chi connectivity index (χ0n) is 17.4. The first-order valence-corrected chi connectivity index (χ1v) is 10.1. The lowest BCUT2D eigenvalue weighted by Crippen LogP contribution is -2.42. The van der Waals surface area contributed by atoms with Crippen LogP contribution in [0.4, 0.5) is 13.2 Å². The Hall–Kier alpha value is -1.56. The molecule has 170 valence electrons. The number of halogens is 4. The summed E-state index contributed by atoms with van der Waals surface area (Å²) in [4.78, 5) is 19.1. The molecule has 2 rings (SSSR count).